The summed E-state index contributed by atoms with van der Waals surface area (Å²) in [4.78, 5) is 24.9. The Labute approximate surface area is 111 Å². The predicted octanol–water partition coefficient (Wildman–Crippen LogP) is 3.78. The van der Waals surface area contributed by atoms with Gasteiger partial charge in [0.1, 0.15) is 11.6 Å². The first-order chi connectivity index (χ1) is 8.66. The summed E-state index contributed by atoms with van der Waals surface area (Å²) in [5.74, 6) is 0.691. The van der Waals surface area contributed by atoms with Gasteiger partial charge in [0.15, 0.2) is 0 Å². The first-order valence-electron chi connectivity index (χ1n) is 7.74. The fourth-order valence-electron chi connectivity index (χ4n) is 3.85. The minimum absolute atomic E-state index is 0.0176. The molecular weight excluding hydrogens is 224 g/mol. The van der Waals surface area contributed by atoms with Crippen LogP contribution in [0.2, 0.25) is 0 Å². The van der Waals surface area contributed by atoms with Crippen LogP contribution in [0, 0.1) is 23.7 Å². The Bertz CT molecular complexity index is 315. The lowest BCUT2D eigenvalue weighted by atomic mass is 9.78. The Morgan fingerprint density at radius 1 is 1.06 bits per heavy atom. The van der Waals surface area contributed by atoms with Crippen LogP contribution in [-0.2, 0) is 9.59 Å². The highest BCUT2D eigenvalue weighted by Gasteiger charge is 2.49. The van der Waals surface area contributed by atoms with Gasteiger partial charge in [0.2, 0.25) is 0 Å². The number of rotatable bonds is 4. The van der Waals surface area contributed by atoms with Gasteiger partial charge in [-0.3, -0.25) is 9.59 Å². The molecule has 0 amide bonds. The first-order valence-corrected chi connectivity index (χ1v) is 7.74. The molecule has 2 rings (SSSR count). The van der Waals surface area contributed by atoms with Crippen LogP contribution in [-0.4, -0.2) is 11.6 Å². The Morgan fingerprint density at radius 3 is 2.33 bits per heavy atom. The SMILES string of the molecule is CCCCC1C(=O)C(C2CCCCC2)C(=O)C1C. The van der Waals surface area contributed by atoms with Gasteiger partial charge < -0.3 is 0 Å². The smallest absolute Gasteiger partial charge is 0.147 e. The fourth-order valence-corrected chi connectivity index (χ4v) is 3.85. The first kappa shape index (κ1) is 13.8. The molecule has 18 heavy (non-hydrogen) atoms. The molecule has 0 heterocycles. The van der Waals surface area contributed by atoms with Crippen LogP contribution in [0.25, 0.3) is 0 Å². The Kier molecular flexibility index (Phi) is 4.58. The van der Waals surface area contributed by atoms with E-state index in [1.54, 1.807) is 0 Å². The molecule has 2 fully saturated rings. The third-order valence-corrected chi connectivity index (χ3v) is 5.02. The zero-order chi connectivity index (χ0) is 13.1. The largest absolute Gasteiger partial charge is 0.299 e. The molecular formula is C16H26O2. The highest BCUT2D eigenvalue weighted by atomic mass is 16.2. The van der Waals surface area contributed by atoms with Crippen LogP contribution in [0.1, 0.15) is 65.2 Å². The van der Waals surface area contributed by atoms with Crippen LogP contribution in [0.15, 0.2) is 0 Å². The van der Waals surface area contributed by atoms with Crippen LogP contribution >= 0.6 is 0 Å². The second-order valence-electron chi connectivity index (χ2n) is 6.22. The number of ketones is 2. The molecule has 2 aliphatic rings. The van der Waals surface area contributed by atoms with Crippen molar-refractivity contribution in [2.45, 2.75) is 65.2 Å². The molecule has 2 heteroatoms. The molecule has 2 nitrogen and oxygen atoms in total. The molecule has 3 atom stereocenters. The average molecular weight is 250 g/mol. The molecule has 0 aromatic rings. The molecule has 0 saturated heterocycles. The third-order valence-electron chi connectivity index (χ3n) is 5.02. The van der Waals surface area contributed by atoms with E-state index >= 15 is 0 Å². The van der Waals surface area contributed by atoms with Gasteiger partial charge in [-0.15, -0.1) is 0 Å². The zero-order valence-electron chi connectivity index (χ0n) is 11.8. The van der Waals surface area contributed by atoms with E-state index in [9.17, 15) is 9.59 Å². The molecule has 0 spiro atoms. The van der Waals surface area contributed by atoms with E-state index in [2.05, 4.69) is 6.92 Å². The Hall–Kier alpha value is -0.660. The maximum Gasteiger partial charge on any atom is 0.147 e. The van der Waals surface area contributed by atoms with Crippen molar-refractivity contribution in [2.24, 2.45) is 23.7 Å². The molecule has 0 radical (unpaired) electrons. The summed E-state index contributed by atoms with van der Waals surface area (Å²) >= 11 is 0. The minimum Gasteiger partial charge on any atom is -0.299 e. The molecule has 0 aromatic heterocycles. The average Bonchev–Trinajstić information content (AvgIpc) is 2.60. The van der Waals surface area contributed by atoms with Crippen molar-refractivity contribution >= 4 is 11.6 Å². The van der Waals surface area contributed by atoms with Crippen molar-refractivity contribution in [3.05, 3.63) is 0 Å². The van der Waals surface area contributed by atoms with E-state index in [0.717, 1.165) is 32.1 Å². The fraction of sp³-hybridized carbons (Fsp3) is 0.875. The maximum atomic E-state index is 12.5. The van der Waals surface area contributed by atoms with Gasteiger partial charge >= 0.3 is 0 Å². The van der Waals surface area contributed by atoms with E-state index in [-0.39, 0.29) is 29.3 Å². The van der Waals surface area contributed by atoms with Crippen molar-refractivity contribution in [1.82, 2.24) is 0 Å². The second kappa shape index (κ2) is 5.99. The second-order valence-corrected chi connectivity index (χ2v) is 6.22. The standard InChI is InChI=1S/C16H26O2/c1-3-4-10-13-11(2)15(17)14(16(13)18)12-8-6-5-7-9-12/h11-14H,3-10H2,1-2H3. The van der Waals surface area contributed by atoms with Crippen molar-refractivity contribution in [3.8, 4) is 0 Å². The van der Waals surface area contributed by atoms with Crippen molar-refractivity contribution in [3.63, 3.8) is 0 Å². The van der Waals surface area contributed by atoms with E-state index in [4.69, 9.17) is 0 Å². The molecule has 2 aliphatic carbocycles. The topological polar surface area (TPSA) is 34.1 Å². The van der Waals surface area contributed by atoms with Gasteiger partial charge in [-0.05, 0) is 25.2 Å². The highest BCUT2D eigenvalue weighted by Crippen LogP contribution is 2.41. The van der Waals surface area contributed by atoms with Crippen LogP contribution in [0.4, 0.5) is 0 Å². The highest BCUT2D eigenvalue weighted by molar-refractivity contribution is 6.11. The lowest BCUT2D eigenvalue weighted by Gasteiger charge is -2.25. The number of Topliss-reactive ketones (excluding diaryl/α,β-unsaturated/α-hetero) is 2. The number of carbonyl (C=O) groups excluding carboxylic acids is 2. The molecule has 0 aliphatic heterocycles. The summed E-state index contributed by atoms with van der Waals surface area (Å²) in [7, 11) is 0. The van der Waals surface area contributed by atoms with Crippen molar-refractivity contribution in [1.29, 1.82) is 0 Å². The van der Waals surface area contributed by atoms with Gasteiger partial charge in [0.25, 0.3) is 0 Å². The monoisotopic (exact) mass is 250 g/mol. The summed E-state index contributed by atoms with van der Waals surface area (Å²) in [6.45, 7) is 4.12. The summed E-state index contributed by atoms with van der Waals surface area (Å²) in [5.41, 5.74) is 0. The number of carbonyl (C=O) groups is 2. The summed E-state index contributed by atoms with van der Waals surface area (Å²) < 4.78 is 0. The Balaban J connectivity index is 2.06. The van der Waals surface area contributed by atoms with E-state index in [1.165, 1.54) is 19.3 Å². The summed E-state index contributed by atoms with van der Waals surface area (Å²) in [5, 5.41) is 0. The summed E-state index contributed by atoms with van der Waals surface area (Å²) in [6.07, 6.45) is 8.98. The zero-order valence-corrected chi connectivity index (χ0v) is 11.8. The van der Waals surface area contributed by atoms with E-state index < -0.39 is 0 Å². The number of hydrogen-bond acceptors (Lipinski definition) is 2. The van der Waals surface area contributed by atoms with Crippen molar-refractivity contribution in [2.75, 3.05) is 0 Å². The maximum absolute atomic E-state index is 12.5. The normalized spacial score (nSPS) is 34.2. The van der Waals surface area contributed by atoms with Gasteiger partial charge in [0, 0.05) is 11.8 Å². The van der Waals surface area contributed by atoms with Crippen LogP contribution in [0.5, 0.6) is 0 Å². The van der Waals surface area contributed by atoms with Gasteiger partial charge in [-0.2, -0.15) is 0 Å². The molecule has 3 unspecified atom stereocenters. The lowest BCUT2D eigenvalue weighted by Crippen LogP contribution is -2.28. The number of unbranched alkanes of at least 4 members (excludes halogenated alkanes) is 1. The minimum atomic E-state index is -0.234. The van der Waals surface area contributed by atoms with E-state index in [0.29, 0.717) is 5.92 Å². The van der Waals surface area contributed by atoms with Crippen LogP contribution in [0.3, 0.4) is 0 Å². The third kappa shape index (κ3) is 2.53. The van der Waals surface area contributed by atoms with Crippen LogP contribution < -0.4 is 0 Å². The molecule has 0 aromatic carbocycles. The predicted molar refractivity (Wildman–Crippen MR) is 72.3 cm³/mol. The Morgan fingerprint density at radius 2 is 1.72 bits per heavy atom. The molecule has 102 valence electrons. The van der Waals surface area contributed by atoms with Crippen molar-refractivity contribution < 1.29 is 9.59 Å². The van der Waals surface area contributed by atoms with Gasteiger partial charge in [0.05, 0.1) is 5.92 Å². The molecule has 0 N–H and O–H groups in total. The van der Waals surface area contributed by atoms with Gasteiger partial charge in [-0.25, -0.2) is 0 Å². The number of hydrogen-bond donors (Lipinski definition) is 0. The molecule has 2 saturated carbocycles. The summed E-state index contributed by atoms with van der Waals surface area (Å²) in [6, 6.07) is 0. The lowest BCUT2D eigenvalue weighted by molar-refractivity contribution is -0.131. The van der Waals surface area contributed by atoms with Gasteiger partial charge in [-0.1, -0.05) is 46.0 Å². The van der Waals surface area contributed by atoms with E-state index in [1.807, 2.05) is 6.92 Å². The molecule has 0 bridgehead atoms. The quantitative estimate of drug-likeness (QED) is 0.712.